The lowest BCUT2D eigenvalue weighted by atomic mass is 10.0. The second kappa shape index (κ2) is 9.67. The van der Waals surface area contributed by atoms with E-state index in [0.29, 0.717) is 17.5 Å². The molecule has 1 aliphatic heterocycles. The van der Waals surface area contributed by atoms with Gasteiger partial charge in [-0.05, 0) is 56.0 Å². The third-order valence-corrected chi connectivity index (χ3v) is 7.53. The highest BCUT2D eigenvalue weighted by Gasteiger charge is 2.43. The van der Waals surface area contributed by atoms with Crippen LogP contribution in [0.3, 0.4) is 0 Å². The lowest BCUT2D eigenvalue weighted by Gasteiger charge is -2.29. The van der Waals surface area contributed by atoms with E-state index in [-0.39, 0.29) is 57.6 Å². The van der Waals surface area contributed by atoms with Crippen molar-refractivity contribution in [3.05, 3.63) is 52.9 Å². The summed E-state index contributed by atoms with van der Waals surface area (Å²) >= 11 is 5.94. The summed E-state index contributed by atoms with van der Waals surface area (Å²) in [5.74, 6) is -0.512. The second-order valence-corrected chi connectivity index (χ2v) is 10.2. The van der Waals surface area contributed by atoms with Gasteiger partial charge in [0.25, 0.3) is 0 Å². The normalized spacial score (nSPS) is 19.7. The number of carbonyl (C=O) groups excluding carboxylic acids is 2. The molecule has 0 radical (unpaired) electrons. The number of pyridine rings is 1. The quantitative estimate of drug-likeness (QED) is 0.346. The molecule has 1 aliphatic rings. The molecule has 3 aromatic heterocycles. The third-order valence-electron chi connectivity index (χ3n) is 7.32. The molecule has 1 fully saturated rings. The van der Waals surface area contributed by atoms with Crippen LogP contribution >= 0.6 is 11.6 Å². The Morgan fingerprint density at radius 3 is 2.64 bits per heavy atom. The van der Waals surface area contributed by atoms with Gasteiger partial charge in [0.1, 0.15) is 41.3 Å². The van der Waals surface area contributed by atoms with Gasteiger partial charge in [-0.1, -0.05) is 24.6 Å². The number of nitrogens with two attached hydrogens (primary N) is 1. The standard InChI is InChI=1S/C26H25ClF3N7O2/c1-12-8-17(25(39)35-19-6-4-5-18(27)34-19)37(14(12)3)20(38)10-36-22-13(2)7-15(26(28,29)30)9-16(22)21-23(31)32-11-33-24(21)36/h4-7,9,11-12,14,17H,8,10H2,1-3H3,(H2,31,32,33)(H,34,35,39)/t12-,14+,17-/m0/s1. The summed E-state index contributed by atoms with van der Waals surface area (Å²) in [6.07, 6.45) is -2.95. The molecule has 4 aromatic rings. The fourth-order valence-corrected chi connectivity index (χ4v) is 5.53. The lowest BCUT2D eigenvalue weighted by molar-refractivity contribution is -0.139. The summed E-state index contributed by atoms with van der Waals surface area (Å²) in [5.41, 5.74) is 6.16. The van der Waals surface area contributed by atoms with Crippen LogP contribution in [-0.2, 0) is 22.3 Å². The minimum Gasteiger partial charge on any atom is -0.383 e. The second-order valence-electron chi connectivity index (χ2n) is 9.84. The molecule has 2 amide bonds. The largest absolute Gasteiger partial charge is 0.416 e. The number of carbonyl (C=O) groups is 2. The zero-order chi connectivity index (χ0) is 28.2. The number of halogens is 4. The van der Waals surface area contributed by atoms with Crippen LogP contribution in [0.1, 0.15) is 31.4 Å². The molecule has 5 rings (SSSR count). The molecule has 4 heterocycles. The van der Waals surface area contributed by atoms with Crippen LogP contribution in [0.25, 0.3) is 21.9 Å². The summed E-state index contributed by atoms with van der Waals surface area (Å²) in [7, 11) is 0. The number of nitrogen functional groups attached to an aromatic ring is 1. The monoisotopic (exact) mass is 559 g/mol. The van der Waals surface area contributed by atoms with Gasteiger partial charge in [-0.15, -0.1) is 0 Å². The van der Waals surface area contributed by atoms with E-state index >= 15 is 0 Å². The van der Waals surface area contributed by atoms with Gasteiger partial charge >= 0.3 is 6.18 Å². The topological polar surface area (TPSA) is 119 Å². The Hall–Kier alpha value is -3.93. The van der Waals surface area contributed by atoms with Crippen molar-refractivity contribution < 1.29 is 22.8 Å². The highest BCUT2D eigenvalue weighted by atomic mass is 35.5. The van der Waals surface area contributed by atoms with Crippen LogP contribution in [0, 0.1) is 12.8 Å². The molecule has 0 aliphatic carbocycles. The molecule has 13 heteroatoms. The van der Waals surface area contributed by atoms with Crippen molar-refractivity contribution in [2.24, 2.45) is 5.92 Å². The van der Waals surface area contributed by atoms with Gasteiger partial charge in [0.15, 0.2) is 0 Å². The van der Waals surface area contributed by atoms with E-state index in [4.69, 9.17) is 17.3 Å². The minimum atomic E-state index is -4.58. The number of fused-ring (bicyclic) bond motifs is 3. The number of hydrogen-bond acceptors (Lipinski definition) is 6. The van der Waals surface area contributed by atoms with Crippen LogP contribution in [-0.4, -0.2) is 48.3 Å². The molecule has 0 bridgehead atoms. The summed E-state index contributed by atoms with van der Waals surface area (Å²) in [5, 5.41) is 3.38. The molecule has 0 saturated carbocycles. The minimum absolute atomic E-state index is 0.00404. The molecule has 3 atom stereocenters. The SMILES string of the molecule is Cc1cc(C(F)(F)F)cc2c3c(N)ncnc3n(CC(=O)N3[C@H](C)[C@@H](C)C[C@H]3C(=O)Nc3cccc(Cl)n3)c12. The van der Waals surface area contributed by atoms with E-state index in [1.165, 1.54) is 18.2 Å². The number of nitrogens with one attached hydrogen (secondary N) is 1. The van der Waals surface area contributed by atoms with Gasteiger partial charge in [-0.25, -0.2) is 15.0 Å². The maximum atomic E-state index is 13.8. The highest BCUT2D eigenvalue weighted by molar-refractivity contribution is 6.29. The van der Waals surface area contributed by atoms with Crippen molar-refractivity contribution in [2.45, 2.75) is 52.0 Å². The number of alkyl halides is 3. The van der Waals surface area contributed by atoms with Crippen LogP contribution in [0.5, 0.6) is 0 Å². The molecular weight excluding hydrogens is 535 g/mol. The van der Waals surface area contributed by atoms with Gasteiger partial charge < -0.3 is 20.5 Å². The van der Waals surface area contributed by atoms with E-state index in [1.807, 2.05) is 13.8 Å². The predicted octanol–water partition coefficient (Wildman–Crippen LogP) is 4.81. The van der Waals surface area contributed by atoms with Gasteiger partial charge in [-0.2, -0.15) is 13.2 Å². The number of anilines is 2. The Morgan fingerprint density at radius 1 is 1.21 bits per heavy atom. The number of hydrogen-bond donors (Lipinski definition) is 2. The van der Waals surface area contributed by atoms with Crippen molar-refractivity contribution in [3.8, 4) is 0 Å². The van der Waals surface area contributed by atoms with Gasteiger partial charge in [-0.3, -0.25) is 9.59 Å². The average molecular weight is 560 g/mol. The molecule has 1 saturated heterocycles. The lowest BCUT2D eigenvalue weighted by Crippen LogP contribution is -2.47. The van der Waals surface area contributed by atoms with Crippen molar-refractivity contribution in [2.75, 3.05) is 11.1 Å². The number of amides is 2. The number of likely N-dealkylation sites (tertiary alicyclic amines) is 1. The van der Waals surface area contributed by atoms with E-state index in [1.54, 1.807) is 22.8 Å². The first kappa shape index (κ1) is 26.7. The fourth-order valence-electron chi connectivity index (χ4n) is 5.36. The summed E-state index contributed by atoms with van der Waals surface area (Å²) in [6, 6.07) is 5.80. The highest BCUT2D eigenvalue weighted by Crippen LogP contribution is 2.39. The zero-order valence-corrected chi connectivity index (χ0v) is 22.0. The first-order valence-corrected chi connectivity index (χ1v) is 12.6. The molecule has 0 spiro atoms. The Labute approximate surface area is 226 Å². The Bertz CT molecular complexity index is 1620. The number of nitrogens with zero attached hydrogens (tertiary/aromatic N) is 5. The Morgan fingerprint density at radius 2 is 1.95 bits per heavy atom. The molecule has 204 valence electrons. The molecule has 9 nitrogen and oxygen atoms in total. The summed E-state index contributed by atoms with van der Waals surface area (Å²) in [4.78, 5) is 40.9. The third kappa shape index (κ3) is 4.73. The van der Waals surface area contributed by atoms with Crippen molar-refractivity contribution >= 4 is 57.0 Å². The van der Waals surface area contributed by atoms with Crippen molar-refractivity contribution in [3.63, 3.8) is 0 Å². The molecule has 3 N–H and O–H groups in total. The summed E-state index contributed by atoms with van der Waals surface area (Å²) in [6.45, 7) is 5.09. The molecular formula is C26H25ClF3N7O2. The molecule has 1 aromatic carbocycles. The van der Waals surface area contributed by atoms with Gasteiger partial charge in [0.05, 0.1) is 16.5 Å². The van der Waals surface area contributed by atoms with Gasteiger partial charge in [0.2, 0.25) is 11.8 Å². The van der Waals surface area contributed by atoms with Crippen molar-refractivity contribution in [1.29, 1.82) is 0 Å². The number of benzene rings is 1. The van der Waals surface area contributed by atoms with Crippen LogP contribution in [0.15, 0.2) is 36.7 Å². The molecule has 0 unspecified atom stereocenters. The van der Waals surface area contributed by atoms with E-state index in [2.05, 4.69) is 20.3 Å². The first-order valence-electron chi connectivity index (χ1n) is 12.2. The van der Waals surface area contributed by atoms with Crippen LogP contribution in [0.2, 0.25) is 5.15 Å². The summed E-state index contributed by atoms with van der Waals surface area (Å²) < 4.78 is 42.4. The molecule has 39 heavy (non-hydrogen) atoms. The maximum absolute atomic E-state index is 13.8. The average Bonchev–Trinajstić information content (AvgIpc) is 3.34. The Balaban J connectivity index is 1.55. The van der Waals surface area contributed by atoms with Crippen molar-refractivity contribution in [1.82, 2.24) is 24.4 Å². The Kier molecular flexibility index (Phi) is 6.61. The first-order chi connectivity index (χ1) is 18.4. The zero-order valence-electron chi connectivity index (χ0n) is 21.3. The van der Waals surface area contributed by atoms with Crippen LogP contribution in [0.4, 0.5) is 24.8 Å². The predicted molar refractivity (Wildman–Crippen MR) is 141 cm³/mol. The number of aryl methyl sites for hydroxylation is 1. The number of rotatable bonds is 4. The van der Waals surface area contributed by atoms with Crippen LogP contribution < -0.4 is 11.1 Å². The van der Waals surface area contributed by atoms with E-state index in [9.17, 15) is 22.8 Å². The van der Waals surface area contributed by atoms with E-state index in [0.717, 1.165) is 12.1 Å². The number of aromatic nitrogens is 4. The fraction of sp³-hybridized carbons (Fsp3) is 0.346. The maximum Gasteiger partial charge on any atom is 0.416 e. The smallest absolute Gasteiger partial charge is 0.383 e. The van der Waals surface area contributed by atoms with Gasteiger partial charge in [0, 0.05) is 11.4 Å². The van der Waals surface area contributed by atoms with E-state index < -0.39 is 23.7 Å².